The van der Waals surface area contributed by atoms with Crippen molar-refractivity contribution in [1.82, 2.24) is 20.2 Å². The third kappa shape index (κ3) is 3.43. The normalized spacial score (nSPS) is 14.9. The van der Waals surface area contributed by atoms with E-state index in [4.69, 9.17) is 20.2 Å². The average Bonchev–Trinajstić information content (AvgIpc) is 3.17. The number of rotatable bonds is 4. The number of hydrogen-bond acceptors (Lipinski definition) is 8. The number of benzene rings is 1. The van der Waals surface area contributed by atoms with Crippen LogP contribution < -0.4 is 15.2 Å². The van der Waals surface area contributed by atoms with Crippen molar-refractivity contribution in [3.8, 4) is 11.5 Å². The van der Waals surface area contributed by atoms with Crippen LogP contribution in [0.5, 0.6) is 11.5 Å². The summed E-state index contributed by atoms with van der Waals surface area (Å²) in [5.74, 6) is 1.28. The van der Waals surface area contributed by atoms with Gasteiger partial charge in [0.05, 0.1) is 31.1 Å². The van der Waals surface area contributed by atoms with Crippen molar-refractivity contribution in [2.24, 2.45) is 0 Å². The molecule has 0 unspecified atom stereocenters. The lowest BCUT2D eigenvalue weighted by molar-refractivity contribution is 0.0700. The first-order valence-corrected chi connectivity index (χ1v) is 9.42. The van der Waals surface area contributed by atoms with Crippen molar-refractivity contribution in [3.63, 3.8) is 0 Å². The molecule has 9 nitrogen and oxygen atoms in total. The van der Waals surface area contributed by atoms with Crippen LogP contribution in [-0.4, -0.2) is 53.4 Å². The smallest absolute Gasteiger partial charge is 0.278 e. The van der Waals surface area contributed by atoms with Crippen LogP contribution in [0.15, 0.2) is 22.8 Å². The van der Waals surface area contributed by atoms with Gasteiger partial charge in [0.1, 0.15) is 5.69 Å². The maximum atomic E-state index is 12.6. The molecular weight excluding hydrogens is 374 g/mol. The second-order valence-electron chi connectivity index (χ2n) is 7.13. The van der Waals surface area contributed by atoms with E-state index in [-0.39, 0.29) is 17.5 Å². The summed E-state index contributed by atoms with van der Waals surface area (Å²) < 4.78 is 15.4. The fourth-order valence-electron chi connectivity index (χ4n) is 3.79. The molecule has 0 bridgehead atoms. The number of carbonyl (C=O) groups is 1. The van der Waals surface area contributed by atoms with Gasteiger partial charge in [0.2, 0.25) is 0 Å². The van der Waals surface area contributed by atoms with Crippen LogP contribution in [0.4, 0.5) is 5.69 Å². The summed E-state index contributed by atoms with van der Waals surface area (Å²) in [6, 6.07) is 5.65. The van der Waals surface area contributed by atoms with Crippen molar-refractivity contribution in [3.05, 3.63) is 35.3 Å². The van der Waals surface area contributed by atoms with Gasteiger partial charge in [-0.2, -0.15) is 0 Å². The molecule has 0 spiro atoms. The second-order valence-corrected chi connectivity index (χ2v) is 7.13. The fraction of sp³-hybridized carbons (Fsp3) is 0.400. The molecule has 1 aliphatic heterocycles. The van der Waals surface area contributed by atoms with Crippen LogP contribution in [0.25, 0.3) is 10.9 Å². The minimum Gasteiger partial charge on any atom is -0.493 e. The van der Waals surface area contributed by atoms with Gasteiger partial charge in [0.25, 0.3) is 5.91 Å². The number of fused-ring (bicyclic) bond motifs is 1. The second kappa shape index (κ2) is 7.57. The Labute approximate surface area is 167 Å². The van der Waals surface area contributed by atoms with Gasteiger partial charge in [-0.1, -0.05) is 5.16 Å². The van der Waals surface area contributed by atoms with E-state index < -0.39 is 0 Å². The van der Waals surface area contributed by atoms with E-state index in [2.05, 4.69) is 14.9 Å². The summed E-state index contributed by atoms with van der Waals surface area (Å²) in [5.41, 5.74) is 9.40. The number of nitrogen functional groups attached to an aromatic ring is 1. The van der Waals surface area contributed by atoms with Gasteiger partial charge in [0.15, 0.2) is 17.2 Å². The number of pyridine rings is 1. The SMILES string of the molecule is COc1cc2cc(N)c(C3CCN(C(=O)c4nonc4C)CC3)nc2cc1OC. The fourth-order valence-corrected chi connectivity index (χ4v) is 3.79. The highest BCUT2D eigenvalue weighted by Crippen LogP contribution is 2.36. The van der Waals surface area contributed by atoms with E-state index in [0.29, 0.717) is 36.0 Å². The lowest BCUT2D eigenvalue weighted by Crippen LogP contribution is -2.38. The first-order chi connectivity index (χ1) is 14.0. The van der Waals surface area contributed by atoms with Crippen molar-refractivity contribution in [2.45, 2.75) is 25.7 Å². The average molecular weight is 397 g/mol. The van der Waals surface area contributed by atoms with Crippen molar-refractivity contribution in [2.75, 3.05) is 33.0 Å². The molecule has 0 atom stereocenters. The van der Waals surface area contributed by atoms with E-state index in [0.717, 1.165) is 29.4 Å². The quantitative estimate of drug-likeness (QED) is 0.714. The van der Waals surface area contributed by atoms with Gasteiger partial charge in [0, 0.05) is 30.5 Å². The number of aryl methyl sites for hydroxylation is 1. The van der Waals surface area contributed by atoms with E-state index in [1.54, 1.807) is 26.0 Å². The van der Waals surface area contributed by atoms with E-state index in [1.807, 2.05) is 18.2 Å². The van der Waals surface area contributed by atoms with E-state index in [1.165, 1.54) is 0 Å². The molecular formula is C20H23N5O4. The zero-order valence-corrected chi connectivity index (χ0v) is 16.6. The van der Waals surface area contributed by atoms with E-state index in [9.17, 15) is 4.79 Å². The molecule has 0 aliphatic carbocycles. The molecule has 152 valence electrons. The Kier molecular flexibility index (Phi) is 4.96. The van der Waals surface area contributed by atoms with Crippen LogP contribution >= 0.6 is 0 Å². The summed E-state index contributed by atoms with van der Waals surface area (Å²) in [6.45, 7) is 2.90. The Morgan fingerprint density at radius 1 is 1.14 bits per heavy atom. The molecule has 2 aromatic heterocycles. The predicted octanol–water partition coefficient (Wildman–Crippen LogP) is 2.55. The number of hydrogen-bond donors (Lipinski definition) is 1. The first-order valence-electron chi connectivity index (χ1n) is 9.42. The van der Waals surface area contributed by atoms with Crippen LogP contribution in [0, 0.1) is 6.92 Å². The molecule has 9 heteroatoms. The number of piperidine rings is 1. The molecule has 1 amide bonds. The Bertz CT molecular complexity index is 1060. The lowest BCUT2D eigenvalue weighted by atomic mass is 9.91. The highest BCUT2D eigenvalue weighted by molar-refractivity contribution is 5.93. The topological polar surface area (TPSA) is 117 Å². The minimum atomic E-state index is -0.154. The summed E-state index contributed by atoms with van der Waals surface area (Å²) in [4.78, 5) is 19.2. The number of nitrogens with zero attached hydrogens (tertiary/aromatic N) is 4. The van der Waals surface area contributed by atoms with Gasteiger partial charge >= 0.3 is 0 Å². The maximum Gasteiger partial charge on any atom is 0.278 e. The molecule has 29 heavy (non-hydrogen) atoms. The number of amides is 1. The van der Waals surface area contributed by atoms with Crippen molar-refractivity contribution < 1.29 is 18.9 Å². The zero-order valence-electron chi connectivity index (χ0n) is 16.6. The molecule has 4 rings (SSSR count). The van der Waals surface area contributed by atoms with Crippen LogP contribution in [0.3, 0.4) is 0 Å². The van der Waals surface area contributed by atoms with Gasteiger partial charge < -0.3 is 20.1 Å². The van der Waals surface area contributed by atoms with E-state index >= 15 is 0 Å². The number of methoxy groups -OCH3 is 2. The molecule has 1 fully saturated rings. The van der Waals surface area contributed by atoms with Crippen LogP contribution in [-0.2, 0) is 0 Å². The maximum absolute atomic E-state index is 12.6. The highest BCUT2D eigenvalue weighted by atomic mass is 16.6. The number of anilines is 1. The molecule has 0 radical (unpaired) electrons. The Hall–Kier alpha value is -3.36. The van der Waals surface area contributed by atoms with Crippen molar-refractivity contribution >= 4 is 22.5 Å². The Morgan fingerprint density at radius 3 is 2.45 bits per heavy atom. The van der Waals surface area contributed by atoms with Gasteiger partial charge in [-0.05, 0) is 37.1 Å². The molecule has 1 aliphatic rings. The lowest BCUT2D eigenvalue weighted by Gasteiger charge is -2.31. The van der Waals surface area contributed by atoms with Gasteiger partial charge in [-0.15, -0.1) is 0 Å². The molecule has 1 aromatic carbocycles. The summed E-state index contributed by atoms with van der Waals surface area (Å²) in [7, 11) is 3.20. The third-order valence-electron chi connectivity index (χ3n) is 5.40. The Balaban J connectivity index is 1.55. The Morgan fingerprint density at radius 2 is 1.83 bits per heavy atom. The standard InChI is InChI=1S/C20H23N5O4/c1-11-18(24-29-23-11)20(26)25-6-4-12(5-7-25)19-14(21)8-13-9-16(27-2)17(28-3)10-15(13)22-19/h8-10,12H,4-7,21H2,1-3H3. The zero-order chi connectivity index (χ0) is 20.5. The number of nitrogens with two attached hydrogens (primary N) is 1. The molecule has 3 aromatic rings. The molecule has 2 N–H and O–H groups in total. The van der Waals surface area contributed by atoms with Gasteiger partial charge in [-0.3, -0.25) is 9.78 Å². The molecule has 1 saturated heterocycles. The largest absolute Gasteiger partial charge is 0.493 e. The monoisotopic (exact) mass is 397 g/mol. The summed E-state index contributed by atoms with van der Waals surface area (Å²) in [6.07, 6.45) is 1.54. The number of ether oxygens (including phenoxy) is 2. The summed E-state index contributed by atoms with van der Waals surface area (Å²) in [5, 5.41) is 8.29. The molecule has 3 heterocycles. The van der Waals surface area contributed by atoms with Crippen LogP contribution in [0.2, 0.25) is 0 Å². The van der Waals surface area contributed by atoms with Crippen LogP contribution in [0.1, 0.15) is 40.6 Å². The number of likely N-dealkylation sites (tertiary alicyclic amines) is 1. The highest BCUT2D eigenvalue weighted by Gasteiger charge is 2.29. The minimum absolute atomic E-state index is 0.154. The third-order valence-corrected chi connectivity index (χ3v) is 5.40. The molecule has 0 saturated carbocycles. The number of carbonyl (C=O) groups excluding carboxylic acids is 1. The summed E-state index contributed by atoms with van der Waals surface area (Å²) >= 11 is 0. The van der Waals surface area contributed by atoms with Gasteiger partial charge in [-0.25, -0.2) is 4.63 Å². The van der Waals surface area contributed by atoms with Crippen molar-refractivity contribution in [1.29, 1.82) is 0 Å². The number of aromatic nitrogens is 3. The first kappa shape index (κ1) is 19.0. The predicted molar refractivity (Wildman–Crippen MR) is 106 cm³/mol.